The molecule has 1 aliphatic heterocycles. The summed E-state index contributed by atoms with van der Waals surface area (Å²) in [6, 6.07) is 0.853. The van der Waals surface area contributed by atoms with Crippen LogP contribution in [0.1, 0.15) is 44.0 Å². The number of hydrogen-bond acceptors (Lipinski definition) is 5. The van der Waals surface area contributed by atoms with Gasteiger partial charge in [-0.25, -0.2) is 4.79 Å². The van der Waals surface area contributed by atoms with Crippen molar-refractivity contribution in [1.29, 1.82) is 0 Å². The average Bonchev–Trinajstić information content (AvgIpc) is 2.85. The minimum absolute atomic E-state index is 0.153. The van der Waals surface area contributed by atoms with E-state index in [-0.39, 0.29) is 17.2 Å². The number of carbonyl (C=O) groups is 2. The third kappa shape index (κ3) is 3.51. The van der Waals surface area contributed by atoms with Crippen LogP contribution >= 0.6 is 0 Å². The summed E-state index contributed by atoms with van der Waals surface area (Å²) >= 11 is 0. The lowest BCUT2D eigenvalue weighted by Gasteiger charge is -2.27. The van der Waals surface area contributed by atoms with Crippen LogP contribution in [0.4, 0.5) is 0 Å². The van der Waals surface area contributed by atoms with Gasteiger partial charge in [-0.2, -0.15) is 0 Å². The Morgan fingerprint density at radius 3 is 2.76 bits per heavy atom. The van der Waals surface area contributed by atoms with E-state index in [1.54, 1.807) is 20.8 Å². The minimum Gasteiger partial charge on any atom is -0.505 e. The van der Waals surface area contributed by atoms with Gasteiger partial charge in [0.05, 0.1) is 11.8 Å². The van der Waals surface area contributed by atoms with Crippen molar-refractivity contribution in [1.82, 2.24) is 9.88 Å². The zero-order chi connectivity index (χ0) is 15.6. The normalized spacial score (nSPS) is 18.6. The lowest BCUT2D eigenvalue weighted by atomic mass is 10.1. The van der Waals surface area contributed by atoms with E-state index in [4.69, 9.17) is 4.74 Å². The fraction of sp³-hybridized carbons (Fsp3) is 0.533. The monoisotopic (exact) mass is 292 g/mol. The number of hydrogen-bond donors (Lipinski definition) is 1. The van der Waals surface area contributed by atoms with Crippen molar-refractivity contribution >= 4 is 11.9 Å². The van der Waals surface area contributed by atoms with E-state index < -0.39 is 17.6 Å². The number of likely N-dealkylation sites (tertiary alicyclic amines) is 1. The lowest BCUT2D eigenvalue weighted by Crippen LogP contribution is -2.43. The van der Waals surface area contributed by atoms with Crippen molar-refractivity contribution in [2.75, 3.05) is 6.54 Å². The summed E-state index contributed by atoms with van der Waals surface area (Å²) in [6.07, 6.45) is 3.96. The first-order chi connectivity index (χ1) is 9.79. The predicted molar refractivity (Wildman–Crippen MR) is 75.8 cm³/mol. The Hall–Kier alpha value is -2.11. The minimum atomic E-state index is -0.593. The molecular formula is C15H20N2O4. The van der Waals surface area contributed by atoms with Gasteiger partial charge in [0.25, 0.3) is 5.91 Å². The van der Waals surface area contributed by atoms with Gasteiger partial charge in [-0.15, -0.1) is 0 Å². The maximum atomic E-state index is 12.5. The Morgan fingerprint density at radius 1 is 1.43 bits per heavy atom. The average molecular weight is 292 g/mol. The SMILES string of the molecule is CC(C)(C)OC(=O)[C@H]1CCCN1C(=O)c1ccncc1O. The van der Waals surface area contributed by atoms with E-state index in [1.165, 1.54) is 23.4 Å². The Bertz CT molecular complexity index is 551. The van der Waals surface area contributed by atoms with E-state index in [0.717, 1.165) is 6.42 Å². The molecule has 114 valence electrons. The third-order valence-electron chi connectivity index (χ3n) is 3.22. The molecule has 1 aliphatic rings. The molecule has 0 radical (unpaired) electrons. The Morgan fingerprint density at radius 2 is 2.14 bits per heavy atom. The summed E-state index contributed by atoms with van der Waals surface area (Å²) in [4.78, 5) is 29.9. The molecule has 1 atom stereocenters. The summed E-state index contributed by atoms with van der Waals surface area (Å²) in [6.45, 7) is 5.85. The quantitative estimate of drug-likeness (QED) is 0.840. The second-order valence-electron chi connectivity index (χ2n) is 6.08. The fourth-order valence-electron chi connectivity index (χ4n) is 2.35. The van der Waals surface area contributed by atoms with Crippen LogP contribution in [0.25, 0.3) is 0 Å². The first-order valence-electron chi connectivity index (χ1n) is 6.96. The molecule has 1 amide bonds. The molecule has 1 N–H and O–H groups in total. The van der Waals surface area contributed by atoms with Crippen molar-refractivity contribution in [2.45, 2.75) is 45.3 Å². The van der Waals surface area contributed by atoms with Gasteiger partial charge in [-0.3, -0.25) is 9.78 Å². The van der Waals surface area contributed by atoms with Crippen molar-refractivity contribution < 1.29 is 19.4 Å². The van der Waals surface area contributed by atoms with Crippen LogP contribution in [0.3, 0.4) is 0 Å². The Labute approximate surface area is 123 Å². The van der Waals surface area contributed by atoms with Gasteiger partial charge in [0, 0.05) is 12.7 Å². The molecule has 0 spiro atoms. The number of esters is 1. The largest absolute Gasteiger partial charge is 0.505 e. The molecule has 0 bridgehead atoms. The molecular weight excluding hydrogens is 272 g/mol. The van der Waals surface area contributed by atoms with E-state index in [1.807, 2.05) is 0 Å². The third-order valence-corrected chi connectivity index (χ3v) is 3.22. The highest BCUT2D eigenvalue weighted by molar-refractivity contribution is 5.99. The van der Waals surface area contributed by atoms with Gasteiger partial charge in [0.1, 0.15) is 17.4 Å². The maximum Gasteiger partial charge on any atom is 0.329 e. The topological polar surface area (TPSA) is 79.7 Å². The number of amides is 1. The summed E-state index contributed by atoms with van der Waals surface area (Å²) in [5.41, 5.74) is -0.437. The maximum absolute atomic E-state index is 12.5. The van der Waals surface area contributed by atoms with Crippen LogP contribution in [0.5, 0.6) is 5.75 Å². The van der Waals surface area contributed by atoms with Gasteiger partial charge < -0.3 is 14.7 Å². The highest BCUT2D eigenvalue weighted by Gasteiger charge is 2.37. The number of aromatic nitrogens is 1. The molecule has 0 unspecified atom stereocenters. The molecule has 0 saturated carbocycles. The first-order valence-corrected chi connectivity index (χ1v) is 6.96. The second kappa shape index (κ2) is 5.71. The fourth-order valence-corrected chi connectivity index (χ4v) is 2.35. The first kappa shape index (κ1) is 15.3. The zero-order valence-corrected chi connectivity index (χ0v) is 12.5. The lowest BCUT2D eigenvalue weighted by molar-refractivity contribution is -0.159. The van der Waals surface area contributed by atoms with Crippen LogP contribution in [0, 0.1) is 0 Å². The highest BCUT2D eigenvalue weighted by atomic mass is 16.6. The molecule has 1 aromatic rings. The van der Waals surface area contributed by atoms with Gasteiger partial charge in [-0.1, -0.05) is 0 Å². The Balaban J connectivity index is 2.17. The Kier molecular flexibility index (Phi) is 4.16. The number of pyridine rings is 1. The molecule has 6 nitrogen and oxygen atoms in total. The second-order valence-corrected chi connectivity index (χ2v) is 6.08. The van der Waals surface area contributed by atoms with Gasteiger partial charge in [0.15, 0.2) is 0 Å². The van der Waals surface area contributed by atoms with E-state index >= 15 is 0 Å². The van der Waals surface area contributed by atoms with Crippen LogP contribution < -0.4 is 0 Å². The zero-order valence-electron chi connectivity index (χ0n) is 12.5. The van der Waals surface area contributed by atoms with Gasteiger partial charge >= 0.3 is 5.97 Å². The number of rotatable bonds is 2. The highest BCUT2D eigenvalue weighted by Crippen LogP contribution is 2.25. The van der Waals surface area contributed by atoms with Crippen LogP contribution in [-0.2, 0) is 9.53 Å². The number of carbonyl (C=O) groups excluding carboxylic acids is 2. The van der Waals surface area contributed by atoms with Crippen LogP contribution in [-0.4, -0.2) is 45.1 Å². The van der Waals surface area contributed by atoms with Crippen LogP contribution in [0.2, 0.25) is 0 Å². The number of nitrogens with zero attached hydrogens (tertiary/aromatic N) is 2. The summed E-state index contributed by atoms with van der Waals surface area (Å²) in [5, 5.41) is 9.73. The van der Waals surface area contributed by atoms with E-state index in [9.17, 15) is 14.7 Å². The summed E-state index contributed by atoms with van der Waals surface area (Å²) < 4.78 is 5.36. The number of aromatic hydroxyl groups is 1. The molecule has 2 rings (SSSR count). The van der Waals surface area contributed by atoms with Crippen molar-refractivity contribution in [3.05, 3.63) is 24.0 Å². The predicted octanol–water partition coefficient (Wildman–Crippen LogP) is 1.73. The molecule has 21 heavy (non-hydrogen) atoms. The van der Waals surface area contributed by atoms with E-state index in [0.29, 0.717) is 13.0 Å². The summed E-state index contributed by atoms with van der Waals surface area (Å²) in [5.74, 6) is -0.956. The standard InChI is InChI=1S/C15H20N2O4/c1-15(2,3)21-14(20)11-5-4-8-17(11)13(19)10-6-7-16-9-12(10)18/h6-7,9,11,18H,4-5,8H2,1-3H3/t11-/m1/s1. The molecule has 0 aliphatic carbocycles. The molecule has 1 aromatic heterocycles. The van der Waals surface area contributed by atoms with Gasteiger partial charge in [-0.05, 0) is 39.7 Å². The molecule has 1 fully saturated rings. The molecule has 0 aromatic carbocycles. The van der Waals surface area contributed by atoms with E-state index in [2.05, 4.69) is 4.98 Å². The van der Waals surface area contributed by atoms with Crippen molar-refractivity contribution in [3.63, 3.8) is 0 Å². The van der Waals surface area contributed by atoms with Crippen molar-refractivity contribution in [2.24, 2.45) is 0 Å². The number of ether oxygens (including phenoxy) is 1. The molecule has 2 heterocycles. The smallest absolute Gasteiger partial charge is 0.329 e. The summed E-state index contributed by atoms with van der Waals surface area (Å²) in [7, 11) is 0. The molecule has 1 saturated heterocycles. The van der Waals surface area contributed by atoms with Crippen LogP contribution in [0.15, 0.2) is 18.5 Å². The van der Waals surface area contributed by atoms with Crippen molar-refractivity contribution in [3.8, 4) is 5.75 Å². The van der Waals surface area contributed by atoms with Gasteiger partial charge in [0.2, 0.25) is 0 Å². The molecule has 6 heteroatoms.